The van der Waals surface area contributed by atoms with E-state index in [9.17, 15) is 43.2 Å². The highest BCUT2D eigenvalue weighted by Gasteiger charge is 2.31. The molecule has 107 heavy (non-hydrogen) atoms. The number of ether oxygens (including phenoxy) is 4. The first-order valence-corrected chi connectivity index (χ1v) is 48.5. The third-order valence-electron chi connectivity index (χ3n) is 21.1. The first-order valence-electron chi connectivity index (χ1n) is 45.5. The van der Waals surface area contributed by atoms with Crippen molar-refractivity contribution >= 4 is 39.5 Å². The van der Waals surface area contributed by atoms with Crippen molar-refractivity contribution in [1.82, 2.24) is 0 Å². The molecule has 0 spiro atoms. The zero-order valence-electron chi connectivity index (χ0n) is 70.5. The number of esters is 4. The SMILES string of the molecule is CCCCCCCCCCCCCCCCCCCC(=O)O[C@H](COC(=O)CCCCCCCCCCCCC)COP(=O)(O)OC[C@H](O)COP(=O)(O)OC[C@@H](COC(=O)CCCCCCCCCCCCCCCCC(C)CC)OC(=O)CCCCCCCCCCCCCCCCCCCCC(C)C. The van der Waals surface area contributed by atoms with Gasteiger partial charge >= 0.3 is 39.5 Å². The summed E-state index contributed by atoms with van der Waals surface area (Å²) in [7, 11) is -9.93. The maximum Gasteiger partial charge on any atom is 0.472 e. The van der Waals surface area contributed by atoms with Crippen LogP contribution in [0.1, 0.15) is 472 Å². The summed E-state index contributed by atoms with van der Waals surface area (Å²) < 4.78 is 69.0. The molecular weight excluding hydrogens is 1390 g/mol. The third kappa shape index (κ3) is 80.5. The van der Waals surface area contributed by atoms with Gasteiger partial charge in [-0.1, -0.05) is 420 Å². The molecule has 0 aromatic carbocycles. The lowest BCUT2D eigenvalue weighted by Crippen LogP contribution is -2.30. The van der Waals surface area contributed by atoms with Gasteiger partial charge in [-0.25, -0.2) is 9.13 Å². The number of carbonyl (C=O) groups excluding carboxylic acids is 4. The van der Waals surface area contributed by atoms with E-state index in [1.54, 1.807) is 0 Å². The maximum absolute atomic E-state index is 13.2. The van der Waals surface area contributed by atoms with Crippen LogP contribution < -0.4 is 0 Å². The van der Waals surface area contributed by atoms with Gasteiger partial charge < -0.3 is 33.8 Å². The van der Waals surface area contributed by atoms with Crippen LogP contribution in [0.15, 0.2) is 0 Å². The number of carbonyl (C=O) groups is 4. The molecule has 0 fully saturated rings. The van der Waals surface area contributed by atoms with E-state index >= 15 is 0 Å². The lowest BCUT2D eigenvalue weighted by molar-refractivity contribution is -0.161. The number of phosphoric acid groups is 2. The lowest BCUT2D eigenvalue weighted by Gasteiger charge is -2.21. The standard InChI is InChI=1S/C88H172O17P2/c1-7-10-12-14-16-18-20-21-22-25-29-36-42-48-54-60-66-72-87(92)104-83(76-98-85(90)70-64-58-52-46-38-19-17-15-13-11-8-2)78-102-106(94,95)100-74-82(89)75-101-107(96,97)103-79-84(77-99-86(91)71-65-59-53-47-41-35-32-31-34-40-45-51-57-63-69-81(6)9-3)105-88(93)73-67-61-55-49-43-37-30-27-24-23-26-28-33-39-44-50-56-62-68-80(4)5/h80-84,89H,7-79H2,1-6H3,(H,94,95)(H,96,97)/t81?,82-,83+,84+/m0/s1. The molecule has 0 radical (unpaired) electrons. The molecule has 0 saturated heterocycles. The van der Waals surface area contributed by atoms with Gasteiger partial charge in [-0.2, -0.15) is 0 Å². The molecule has 3 unspecified atom stereocenters. The van der Waals surface area contributed by atoms with Crippen LogP contribution in [-0.4, -0.2) is 96.7 Å². The van der Waals surface area contributed by atoms with Crippen LogP contribution in [0.2, 0.25) is 0 Å². The van der Waals surface area contributed by atoms with Crippen molar-refractivity contribution < 1.29 is 80.2 Å². The van der Waals surface area contributed by atoms with Crippen LogP contribution in [0.3, 0.4) is 0 Å². The van der Waals surface area contributed by atoms with E-state index < -0.39 is 97.5 Å². The number of aliphatic hydroxyl groups is 1. The van der Waals surface area contributed by atoms with Gasteiger partial charge in [-0.05, 0) is 37.5 Å². The fourth-order valence-electron chi connectivity index (χ4n) is 13.7. The summed E-state index contributed by atoms with van der Waals surface area (Å²) in [6.07, 6.45) is 72.1. The molecule has 0 heterocycles. The van der Waals surface area contributed by atoms with E-state index in [1.165, 1.54) is 289 Å². The summed E-state index contributed by atoms with van der Waals surface area (Å²) in [5.74, 6) is -0.427. The first kappa shape index (κ1) is 105. The predicted molar refractivity (Wildman–Crippen MR) is 442 cm³/mol. The van der Waals surface area contributed by atoms with Gasteiger partial charge in [-0.3, -0.25) is 37.3 Å². The second-order valence-electron chi connectivity index (χ2n) is 32.4. The summed E-state index contributed by atoms with van der Waals surface area (Å²) >= 11 is 0. The Bertz CT molecular complexity index is 2050. The summed E-state index contributed by atoms with van der Waals surface area (Å²) in [5.41, 5.74) is 0. The molecule has 0 aliphatic carbocycles. The molecule has 0 aliphatic heterocycles. The van der Waals surface area contributed by atoms with Gasteiger partial charge in [0.2, 0.25) is 0 Å². The predicted octanol–water partition coefficient (Wildman–Crippen LogP) is 27.0. The second-order valence-corrected chi connectivity index (χ2v) is 35.3. The maximum atomic E-state index is 13.2. The molecule has 0 aliphatic rings. The van der Waals surface area contributed by atoms with Crippen LogP contribution in [-0.2, 0) is 65.4 Å². The molecule has 6 atom stereocenters. The third-order valence-corrected chi connectivity index (χ3v) is 23.0. The Kier molecular flexibility index (Phi) is 77.9. The van der Waals surface area contributed by atoms with E-state index in [-0.39, 0.29) is 25.7 Å². The van der Waals surface area contributed by atoms with Gasteiger partial charge in [0, 0.05) is 25.7 Å². The van der Waals surface area contributed by atoms with Crippen LogP contribution >= 0.6 is 15.6 Å². The average molecular weight is 1560 g/mol. The Hall–Kier alpha value is -1.94. The minimum Gasteiger partial charge on any atom is -0.462 e. The number of hydrogen-bond donors (Lipinski definition) is 3. The van der Waals surface area contributed by atoms with E-state index in [1.807, 2.05) is 0 Å². The van der Waals surface area contributed by atoms with Crippen molar-refractivity contribution in [2.75, 3.05) is 39.6 Å². The summed E-state index contributed by atoms with van der Waals surface area (Å²) in [5, 5.41) is 10.7. The van der Waals surface area contributed by atoms with Crippen molar-refractivity contribution in [2.24, 2.45) is 11.8 Å². The Morgan fingerprint density at radius 3 is 0.710 bits per heavy atom. The average Bonchev–Trinajstić information content (AvgIpc) is 0.896. The van der Waals surface area contributed by atoms with Gasteiger partial charge in [0.05, 0.1) is 26.4 Å². The first-order chi connectivity index (χ1) is 51.9. The molecular formula is C88H172O17P2. The highest BCUT2D eigenvalue weighted by molar-refractivity contribution is 7.47. The van der Waals surface area contributed by atoms with Gasteiger partial charge in [0.1, 0.15) is 19.3 Å². The molecule has 0 saturated carbocycles. The highest BCUT2D eigenvalue weighted by Crippen LogP contribution is 2.45. The normalized spacial score (nSPS) is 14.0. The number of aliphatic hydroxyl groups excluding tert-OH is 1. The van der Waals surface area contributed by atoms with Crippen molar-refractivity contribution in [3.05, 3.63) is 0 Å². The summed E-state index contributed by atoms with van der Waals surface area (Å²) in [4.78, 5) is 73.3. The number of phosphoric ester groups is 2. The van der Waals surface area contributed by atoms with Gasteiger partial charge in [-0.15, -0.1) is 0 Å². The van der Waals surface area contributed by atoms with E-state index in [0.29, 0.717) is 25.7 Å². The Morgan fingerprint density at radius 1 is 0.271 bits per heavy atom. The van der Waals surface area contributed by atoms with Crippen molar-refractivity contribution in [3.8, 4) is 0 Å². The smallest absolute Gasteiger partial charge is 0.462 e. The van der Waals surface area contributed by atoms with Crippen LogP contribution in [0, 0.1) is 11.8 Å². The molecule has 19 heteroatoms. The number of hydrogen-bond acceptors (Lipinski definition) is 15. The molecule has 0 amide bonds. The van der Waals surface area contributed by atoms with Gasteiger partial charge in [0.25, 0.3) is 0 Å². The van der Waals surface area contributed by atoms with E-state index in [0.717, 1.165) is 102 Å². The minimum absolute atomic E-state index is 0.109. The molecule has 17 nitrogen and oxygen atoms in total. The van der Waals surface area contributed by atoms with Crippen molar-refractivity contribution in [2.45, 2.75) is 490 Å². The molecule has 3 N–H and O–H groups in total. The molecule has 0 bridgehead atoms. The van der Waals surface area contributed by atoms with Gasteiger partial charge in [0.15, 0.2) is 12.2 Å². The molecule has 0 rings (SSSR count). The minimum atomic E-state index is -4.97. The molecule has 636 valence electrons. The highest BCUT2D eigenvalue weighted by atomic mass is 31.2. The molecule has 0 aromatic heterocycles. The van der Waals surface area contributed by atoms with Crippen LogP contribution in [0.5, 0.6) is 0 Å². The van der Waals surface area contributed by atoms with E-state index in [2.05, 4.69) is 41.5 Å². The topological polar surface area (TPSA) is 237 Å². The Labute approximate surface area is 658 Å². The largest absolute Gasteiger partial charge is 0.472 e. The van der Waals surface area contributed by atoms with Crippen molar-refractivity contribution in [3.63, 3.8) is 0 Å². The summed E-state index contributed by atoms with van der Waals surface area (Å²) in [6.45, 7) is 9.78. The Balaban J connectivity index is 5.24. The van der Waals surface area contributed by atoms with Crippen LogP contribution in [0.4, 0.5) is 0 Å². The zero-order valence-corrected chi connectivity index (χ0v) is 72.2. The Morgan fingerprint density at radius 2 is 0.477 bits per heavy atom. The lowest BCUT2D eigenvalue weighted by atomic mass is 9.99. The summed E-state index contributed by atoms with van der Waals surface area (Å²) in [6, 6.07) is 0. The fourth-order valence-corrected chi connectivity index (χ4v) is 15.3. The van der Waals surface area contributed by atoms with Crippen LogP contribution in [0.25, 0.3) is 0 Å². The monoisotopic (exact) mass is 1560 g/mol. The van der Waals surface area contributed by atoms with Crippen molar-refractivity contribution in [1.29, 1.82) is 0 Å². The fraction of sp³-hybridized carbons (Fsp3) is 0.955. The van der Waals surface area contributed by atoms with E-state index in [4.69, 9.17) is 37.0 Å². The second kappa shape index (κ2) is 79.3. The quantitative estimate of drug-likeness (QED) is 0.0222. The molecule has 0 aromatic rings. The zero-order chi connectivity index (χ0) is 78.5. The number of unbranched alkanes of at least 4 members (excludes halogenated alkanes) is 56. The number of rotatable bonds is 87.